The van der Waals surface area contributed by atoms with E-state index in [9.17, 15) is 4.79 Å². The molecule has 1 fully saturated rings. The van der Waals surface area contributed by atoms with Gasteiger partial charge in [-0.05, 0) is 57.5 Å². The van der Waals surface area contributed by atoms with Gasteiger partial charge in [0.1, 0.15) is 0 Å². The summed E-state index contributed by atoms with van der Waals surface area (Å²) in [5.74, 6) is 0.564. The van der Waals surface area contributed by atoms with Gasteiger partial charge in [-0.2, -0.15) is 0 Å². The number of rotatable bonds is 4. The van der Waals surface area contributed by atoms with E-state index in [4.69, 9.17) is 5.73 Å². The predicted molar refractivity (Wildman–Crippen MR) is 101 cm³/mol. The lowest BCUT2D eigenvalue weighted by Gasteiger charge is -2.34. The Bertz CT molecular complexity index is 494. The van der Waals surface area contributed by atoms with Gasteiger partial charge >= 0.3 is 0 Å². The number of halogens is 2. The zero-order valence-electron chi connectivity index (χ0n) is 14.2. The Morgan fingerprint density at radius 3 is 2.70 bits per heavy atom. The third-order valence-corrected chi connectivity index (χ3v) is 4.16. The maximum absolute atomic E-state index is 12.7. The van der Waals surface area contributed by atoms with E-state index < -0.39 is 0 Å². The number of amides is 1. The highest BCUT2D eigenvalue weighted by molar-refractivity contribution is 5.94. The topological polar surface area (TPSA) is 49.6 Å². The van der Waals surface area contributed by atoms with Gasteiger partial charge in [0, 0.05) is 31.2 Å². The number of hydrogen-bond acceptors (Lipinski definition) is 3. The molecule has 1 saturated heterocycles. The number of hydrogen-bond donors (Lipinski definition) is 1. The first-order valence-corrected chi connectivity index (χ1v) is 7.76. The number of benzene rings is 1. The van der Waals surface area contributed by atoms with E-state index in [1.165, 1.54) is 5.56 Å². The molecule has 23 heavy (non-hydrogen) atoms. The van der Waals surface area contributed by atoms with E-state index in [0.717, 1.165) is 38.0 Å². The molecule has 0 aliphatic carbocycles. The Kier molecular flexibility index (Phi) is 9.78. The molecule has 2 atom stereocenters. The number of carbonyl (C=O) groups excluding carboxylic acids is 1. The molecule has 6 heteroatoms. The minimum absolute atomic E-state index is 0. The average Bonchev–Trinajstić information content (AvgIpc) is 2.46. The molecule has 132 valence electrons. The van der Waals surface area contributed by atoms with Crippen molar-refractivity contribution in [2.75, 3.05) is 27.2 Å². The van der Waals surface area contributed by atoms with Crippen molar-refractivity contribution in [2.45, 2.75) is 32.4 Å². The smallest absolute Gasteiger partial charge is 0.253 e. The molecule has 2 N–H and O–H groups in total. The maximum atomic E-state index is 12.7. The summed E-state index contributed by atoms with van der Waals surface area (Å²) in [5, 5.41) is 0. The first kappa shape index (κ1) is 22.2. The third kappa shape index (κ3) is 6.30. The van der Waals surface area contributed by atoms with Crippen molar-refractivity contribution in [2.24, 2.45) is 11.7 Å². The number of nitrogens with zero attached hydrogens (tertiary/aromatic N) is 2. The van der Waals surface area contributed by atoms with Crippen LogP contribution in [0.15, 0.2) is 24.3 Å². The van der Waals surface area contributed by atoms with Crippen LogP contribution in [0.25, 0.3) is 0 Å². The zero-order chi connectivity index (χ0) is 15.4. The summed E-state index contributed by atoms with van der Waals surface area (Å²) >= 11 is 0. The average molecular weight is 362 g/mol. The number of piperidine rings is 1. The lowest BCUT2D eigenvalue weighted by Crippen LogP contribution is -2.45. The van der Waals surface area contributed by atoms with Crippen molar-refractivity contribution < 1.29 is 4.79 Å². The molecule has 1 aromatic rings. The second-order valence-electron chi connectivity index (χ2n) is 6.45. The molecule has 0 saturated carbocycles. The molecule has 1 aliphatic heterocycles. The van der Waals surface area contributed by atoms with Crippen molar-refractivity contribution in [3.05, 3.63) is 35.4 Å². The molecule has 0 spiro atoms. The number of nitrogens with two attached hydrogens (primary N) is 1. The largest absolute Gasteiger partial charge is 0.338 e. The molecule has 0 radical (unpaired) electrons. The summed E-state index contributed by atoms with van der Waals surface area (Å²) in [6.45, 7) is 4.52. The highest BCUT2D eigenvalue weighted by Crippen LogP contribution is 2.21. The van der Waals surface area contributed by atoms with E-state index in [1.807, 2.05) is 44.1 Å². The van der Waals surface area contributed by atoms with Gasteiger partial charge in [0.25, 0.3) is 5.91 Å². The molecular formula is C17H29Cl2N3O. The lowest BCUT2D eigenvalue weighted by molar-refractivity contribution is 0.0661. The van der Waals surface area contributed by atoms with Gasteiger partial charge in [-0.15, -0.1) is 24.8 Å². The highest BCUT2D eigenvalue weighted by Gasteiger charge is 2.26. The number of likely N-dealkylation sites (tertiary alicyclic amines) is 1. The molecule has 1 aliphatic rings. The standard InChI is InChI=1S/C17H27N3O.2ClH/c1-13(18)16-8-5-9-20(12-16)17(21)15-7-4-6-14(10-15)11-19(2)3;;/h4,6-7,10,13,16H,5,8-9,11-12,18H2,1-3H3;2*1H. The quantitative estimate of drug-likeness (QED) is 0.896. The van der Waals surface area contributed by atoms with Crippen LogP contribution in [0.5, 0.6) is 0 Å². The summed E-state index contributed by atoms with van der Waals surface area (Å²) in [6, 6.07) is 8.12. The van der Waals surface area contributed by atoms with E-state index in [1.54, 1.807) is 0 Å². The Balaban J connectivity index is 0.00000242. The van der Waals surface area contributed by atoms with Crippen molar-refractivity contribution in [1.29, 1.82) is 0 Å². The van der Waals surface area contributed by atoms with Crippen molar-refractivity contribution in [1.82, 2.24) is 9.80 Å². The SMILES string of the molecule is CC(N)C1CCCN(C(=O)c2cccc(CN(C)C)c2)C1.Cl.Cl. The second-order valence-corrected chi connectivity index (χ2v) is 6.45. The van der Waals surface area contributed by atoms with Crippen molar-refractivity contribution >= 4 is 30.7 Å². The molecule has 1 amide bonds. The van der Waals surface area contributed by atoms with Crippen LogP contribution in [0.1, 0.15) is 35.7 Å². The van der Waals surface area contributed by atoms with Crippen molar-refractivity contribution in [3.8, 4) is 0 Å². The third-order valence-electron chi connectivity index (χ3n) is 4.16. The van der Waals surface area contributed by atoms with E-state index in [2.05, 4.69) is 11.0 Å². The van der Waals surface area contributed by atoms with Gasteiger partial charge in [-0.25, -0.2) is 0 Å². The van der Waals surface area contributed by atoms with Crippen LogP contribution in [-0.2, 0) is 6.54 Å². The monoisotopic (exact) mass is 361 g/mol. The zero-order valence-corrected chi connectivity index (χ0v) is 15.8. The number of carbonyl (C=O) groups is 1. The van der Waals surface area contributed by atoms with Gasteiger partial charge in [-0.3, -0.25) is 4.79 Å². The van der Waals surface area contributed by atoms with Crippen LogP contribution in [0, 0.1) is 5.92 Å². The lowest BCUT2D eigenvalue weighted by atomic mass is 9.92. The normalized spacial score (nSPS) is 18.8. The molecule has 4 nitrogen and oxygen atoms in total. The van der Waals surface area contributed by atoms with E-state index in [0.29, 0.717) is 5.92 Å². The van der Waals surface area contributed by atoms with Crippen LogP contribution in [0.2, 0.25) is 0 Å². The minimum Gasteiger partial charge on any atom is -0.338 e. The fraction of sp³-hybridized carbons (Fsp3) is 0.588. The molecular weight excluding hydrogens is 333 g/mol. The van der Waals surface area contributed by atoms with Gasteiger partial charge in [0.05, 0.1) is 0 Å². The maximum Gasteiger partial charge on any atom is 0.253 e. The second kappa shape index (κ2) is 10.1. The van der Waals surface area contributed by atoms with Crippen LogP contribution in [0.3, 0.4) is 0 Å². The fourth-order valence-corrected chi connectivity index (χ4v) is 2.97. The molecule has 2 unspecified atom stereocenters. The Morgan fingerprint density at radius 1 is 1.39 bits per heavy atom. The summed E-state index contributed by atoms with van der Waals surface area (Å²) < 4.78 is 0. The predicted octanol–water partition coefficient (Wildman–Crippen LogP) is 2.79. The van der Waals surface area contributed by atoms with Gasteiger partial charge < -0.3 is 15.5 Å². The van der Waals surface area contributed by atoms with Gasteiger partial charge in [0.2, 0.25) is 0 Å². The molecule has 1 aromatic carbocycles. The first-order chi connectivity index (χ1) is 9.97. The van der Waals surface area contributed by atoms with E-state index in [-0.39, 0.29) is 36.8 Å². The summed E-state index contributed by atoms with van der Waals surface area (Å²) in [4.78, 5) is 16.7. The minimum atomic E-state index is 0. The van der Waals surface area contributed by atoms with Crippen molar-refractivity contribution in [3.63, 3.8) is 0 Å². The van der Waals surface area contributed by atoms with Crippen LogP contribution in [-0.4, -0.2) is 48.9 Å². The molecule has 0 bridgehead atoms. The van der Waals surface area contributed by atoms with Crippen LogP contribution < -0.4 is 5.73 Å². The van der Waals surface area contributed by atoms with Gasteiger partial charge in [-0.1, -0.05) is 12.1 Å². The molecule has 2 rings (SSSR count). The Morgan fingerprint density at radius 2 is 2.09 bits per heavy atom. The highest BCUT2D eigenvalue weighted by atomic mass is 35.5. The summed E-state index contributed by atoms with van der Waals surface area (Å²) in [6.07, 6.45) is 2.18. The molecule has 0 aromatic heterocycles. The summed E-state index contributed by atoms with van der Waals surface area (Å²) in [7, 11) is 4.07. The Labute approximate surface area is 152 Å². The van der Waals surface area contributed by atoms with E-state index >= 15 is 0 Å². The molecule has 1 heterocycles. The van der Waals surface area contributed by atoms with Crippen LogP contribution in [0.4, 0.5) is 0 Å². The Hall–Kier alpha value is -0.810. The first-order valence-electron chi connectivity index (χ1n) is 7.76. The fourth-order valence-electron chi connectivity index (χ4n) is 2.97. The summed E-state index contributed by atoms with van der Waals surface area (Å²) in [5.41, 5.74) is 7.97. The van der Waals surface area contributed by atoms with Gasteiger partial charge in [0.15, 0.2) is 0 Å². The van der Waals surface area contributed by atoms with Crippen LogP contribution >= 0.6 is 24.8 Å².